The van der Waals surface area contributed by atoms with Crippen LogP contribution in [0.1, 0.15) is 36.8 Å². The molecule has 1 N–H and O–H groups in total. The van der Waals surface area contributed by atoms with E-state index in [0.29, 0.717) is 43.1 Å². The van der Waals surface area contributed by atoms with E-state index in [1.165, 1.54) is 4.31 Å². The second kappa shape index (κ2) is 9.13. The van der Waals surface area contributed by atoms with Crippen LogP contribution in [0, 0.1) is 19.8 Å². The number of nitrogens with one attached hydrogen (secondary N) is 1. The minimum absolute atomic E-state index is 0.152. The number of thiophene rings is 1. The molecule has 1 aromatic carbocycles. The summed E-state index contributed by atoms with van der Waals surface area (Å²) in [6, 6.07) is 7.44. The highest BCUT2D eigenvalue weighted by atomic mass is 32.2. The van der Waals surface area contributed by atoms with Crippen molar-refractivity contribution in [2.24, 2.45) is 5.92 Å². The number of benzene rings is 1. The summed E-state index contributed by atoms with van der Waals surface area (Å²) in [4.78, 5) is 17.1. The van der Waals surface area contributed by atoms with Gasteiger partial charge in [0.05, 0.1) is 5.92 Å². The molecule has 1 fully saturated rings. The van der Waals surface area contributed by atoms with Gasteiger partial charge in [0.1, 0.15) is 4.21 Å². The van der Waals surface area contributed by atoms with Crippen molar-refractivity contribution in [1.29, 1.82) is 0 Å². The lowest BCUT2D eigenvalue weighted by atomic mass is 9.98. The minimum Gasteiger partial charge on any atom is -0.339 e. The van der Waals surface area contributed by atoms with Gasteiger partial charge in [-0.15, -0.1) is 11.3 Å². The van der Waals surface area contributed by atoms with Gasteiger partial charge in [0.25, 0.3) is 10.0 Å². The Morgan fingerprint density at radius 1 is 1.25 bits per heavy atom. The van der Waals surface area contributed by atoms with Crippen LogP contribution in [0.15, 0.2) is 38.4 Å². The first-order chi connectivity index (χ1) is 15.3. The molecule has 1 atom stereocenters. The summed E-state index contributed by atoms with van der Waals surface area (Å²) in [5.74, 6) is 0.331. The average molecular weight is 475 g/mol. The number of piperidine rings is 1. The summed E-state index contributed by atoms with van der Waals surface area (Å²) in [6.07, 6.45) is 1.90. The Kier molecular flexibility index (Phi) is 6.45. The number of aromatic nitrogens is 2. The number of amides is 1. The predicted octanol–water partition coefficient (Wildman–Crippen LogP) is 4.02. The predicted molar refractivity (Wildman–Crippen MR) is 123 cm³/mol. The molecule has 8 nitrogen and oxygen atoms in total. The number of hydrogen-bond acceptors (Lipinski definition) is 7. The van der Waals surface area contributed by atoms with Crippen molar-refractivity contribution in [3.8, 4) is 11.4 Å². The lowest BCUT2D eigenvalue weighted by molar-refractivity contribution is -0.120. The molecule has 1 amide bonds. The number of carbonyl (C=O) groups excluding carboxylic acids is 1. The SMILES string of the molecule is CCc1nc(-c2csc(S(=O)(=O)N3CCC[C@H](C(=O)Nc4cc(C)cc(C)c4)C3)c2)no1. The van der Waals surface area contributed by atoms with Gasteiger partial charge in [-0.05, 0) is 56.0 Å². The molecule has 0 unspecified atom stereocenters. The van der Waals surface area contributed by atoms with Gasteiger partial charge in [0.15, 0.2) is 0 Å². The maximum Gasteiger partial charge on any atom is 0.252 e. The summed E-state index contributed by atoms with van der Waals surface area (Å²) >= 11 is 1.13. The van der Waals surface area contributed by atoms with E-state index < -0.39 is 15.9 Å². The van der Waals surface area contributed by atoms with E-state index in [-0.39, 0.29) is 16.7 Å². The van der Waals surface area contributed by atoms with E-state index in [0.717, 1.165) is 28.2 Å². The molecule has 3 aromatic rings. The van der Waals surface area contributed by atoms with Crippen molar-refractivity contribution >= 4 is 33.0 Å². The lowest BCUT2D eigenvalue weighted by Crippen LogP contribution is -2.43. The fraction of sp³-hybridized carbons (Fsp3) is 0.409. The molecular weight excluding hydrogens is 448 g/mol. The zero-order chi connectivity index (χ0) is 22.9. The van der Waals surface area contributed by atoms with Crippen LogP contribution in [0.2, 0.25) is 0 Å². The van der Waals surface area contributed by atoms with Gasteiger partial charge in [-0.2, -0.15) is 9.29 Å². The molecule has 1 aliphatic heterocycles. The van der Waals surface area contributed by atoms with Crippen LogP contribution >= 0.6 is 11.3 Å². The number of sulfonamides is 1. The fourth-order valence-corrected chi connectivity index (χ4v) is 6.71. The Hall–Kier alpha value is -2.56. The molecular formula is C22H26N4O4S2. The van der Waals surface area contributed by atoms with Crippen molar-refractivity contribution in [3.05, 3.63) is 46.7 Å². The van der Waals surface area contributed by atoms with E-state index in [4.69, 9.17) is 4.52 Å². The Labute approximate surface area is 191 Å². The van der Waals surface area contributed by atoms with Crippen molar-refractivity contribution in [3.63, 3.8) is 0 Å². The van der Waals surface area contributed by atoms with Crippen molar-refractivity contribution in [2.75, 3.05) is 18.4 Å². The molecule has 10 heteroatoms. The summed E-state index contributed by atoms with van der Waals surface area (Å²) in [6.45, 7) is 6.41. The number of hydrogen-bond donors (Lipinski definition) is 1. The van der Waals surface area contributed by atoms with Gasteiger partial charge in [-0.1, -0.05) is 18.1 Å². The maximum absolute atomic E-state index is 13.2. The first kappa shape index (κ1) is 22.6. The van der Waals surface area contributed by atoms with Crippen LogP contribution in [0.5, 0.6) is 0 Å². The molecule has 2 aromatic heterocycles. The summed E-state index contributed by atoms with van der Waals surface area (Å²) < 4.78 is 33.2. The highest BCUT2D eigenvalue weighted by molar-refractivity contribution is 7.91. The Balaban J connectivity index is 1.48. The van der Waals surface area contributed by atoms with E-state index in [1.807, 2.05) is 39.0 Å². The third kappa shape index (κ3) is 4.77. The molecule has 0 radical (unpaired) electrons. The van der Waals surface area contributed by atoms with Crippen LogP contribution < -0.4 is 5.32 Å². The third-order valence-electron chi connectivity index (χ3n) is 5.44. The second-order valence-corrected chi connectivity index (χ2v) is 11.2. The minimum atomic E-state index is -3.72. The monoisotopic (exact) mass is 474 g/mol. The first-order valence-corrected chi connectivity index (χ1v) is 12.9. The number of carbonyl (C=O) groups is 1. The Morgan fingerprint density at radius 2 is 2.00 bits per heavy atom. The van der Waals surface area contributed by atoms with Crippen LogP contribution in [0.4, 0.5) is 5.69 Å². The number of anilines is 1. The first-order valence-electron chi connectivity index (χ1n) is 10.6. The smallest absolute Gasteiger partial charge is 0.252 e. The normalized spacial score (nSPS) is 17.4. The van der Waals surface area contributed by atoms with Crippen LogP contribution in [0.3, 0.4) is 0 Å². The van der Waals surface area contributed by atoms with Crippen molar-refractivity contribution < 1.29 is 17.7 Å². The molecule has 0 aliphatic carbocycles. The molecule has 4 rings (SSSR count). The molecule has 170 valence electrons. The third-order valence-corrected chi connectivity index (χ3v) is 8.72. The molecule has 0 spiro atoms. The topological polar surface area (TPSA) is 105 Å². The van der Waals surface area contributed by atoms with Gasteiger partial charge in [0.2, 0.25) is 17.6 Å². The quantitative estimate of drug-likeness (QED) is 0.579. The Bertz CT molecular complexity index is 1210. The van der Waals surface area contributed by atoms with Crippen molar-refractivity contribution in [1.82, 2.24) is 14.4 Å². The largest absolute Gasteiger partial charge is 0.339 e. The van der Waals surface area contributed by atoms with E-state index in [1.54, 1.807) is 11.4 Å². The van der Waals surface area contributed by atoms with Gasteiger partial charge in [-0.25, -0.2) is 8.42 Å². The highest BCUT2D eigenvalue weighted by Crippen LogP contribution is 2.31. The van der Waals surface area contributed by atoms with Crippen LogP contribution in [0.25, 0.3) is 11.4 Å². The van der Waals surface area contributed by atoms with Gasteiger partial charge >= 0.3 is 0 Å². The molecule has 32 heavy (non-hydrogen) atoms. The average Bonchev–Trinajstić information content (AvgIpc) is 3.43. The summed E-state index contributed by atoms with van der Waals surface area (Å²) in [5.41, 5.74) is 3.48. The molecule has 1 aliphatic rings. The van der Waals surface area contributed by atoms with Crippen molar-refractivity contribution in [2.45, 2.75) is 44.2 Å². The molecule has 0 saturated carbocycles. The zero-order valence-electron chi connectivity index (χ0n) is 18.3. The van der Waals surface area contributed by atoms with Crippen LogP contribution in [-0.4, -0.2) is 41.9 Å². The number of rotatable bonds is 6. The second-order valence-electron chi connectivity index (χ2n) is 8.09. The number of aryl methyl sites for hydroxylation is 3. The fourth-order valence-electron chi connectivity index (χ4n) is 3.88. The zero-order valence-corrected chi connectivity index (χ0v) is 19.9. The summed E-state index contributed by atoms with van der Waals surface area (Å²) in [5, 5.41) is 8.58. The summed E-state index contributed by atoms with van der Waals surface area (Å²) in [7, 11) is -3.72. The van der Waals surface area contributed by atoms with Crippen LogP contribution in [-0.2, 0) is 21.2 Å². The maximum atomic E-state index is 13.2. The van der Waals surface area contributed by atoms with Gasteiger partial charge in [0, 0.05) is 36.1 Å². The Morgan fingerprint density at radius 3 is 2.69 bits per heavy atom. The van der Waals surface area contributed by atoms with E-state index in [9.17, 15) is 13.2 Å². The number of nitrogens with zero attached hydrogens (tertiary/aromatic N) is 3. The molecule has 1 saturated heterocycles. The lowest BCUT2D eigenvalue weighted by Gasteiger charge is -2.30. The van der Waals surface area contributed by atoms with E-state index >= 15 is 0 Å². The highest BCUT2D eigenvalue weighted by Gasteiger charge is 2.34. The molecule has 3 heterocycles. The van der Waals surface area contributed by atoms with Gasteiger partial charge < -0.3 is 9.84 Å². The van der Waals surface area contributed by atoms with E-state index in [2.05, 4.69) is 15.5 Å². The van der Waals surface area contributed by atoms with Gasteiger partial charge in [-0.3, -0.25) is 4.79 Å². The standard InChI is InChI=1S/C22H26N4O4S2/c1-4-19-24-21(25-30-19)17-11-20(31-13-17)32(28,29)26-7-5-6-16(12-26)22(27)23-18-9-14(2)8-15(3)10-18/h8-11,13,16H,4-7,12H2,1-3H3,(H,23,27)/t16-/m0/s1. The molecule has 0 bridgehead atoms.